The molecule has 0 aliphatic heterocycles. The normalized spacial score (nSPS) is 11.8. The highest BCUT2D eigenvalue weighted by Gasteiger charge is 2.24. The average molecular weight is 734 g/mol. The smallest absolute Gasteiger partial charge is 0.160 e. The summed E-state index contributed by atoms with van der Waals surface area (Å²) < 4.78 is 5.10. The van der Waals surface area contributed by atoms with E-state index in [1.165, 1.54) is 36.5 Å². The zero-order valence-corrected chi connectivity index (χ0v) is 31.4. The molecule has 3 nitrogen and oxygen atoms in total. The number of benzene rings is 7. The molecule has 0 fully saturated rings. The van der Waals surface area contributed by atoms with Crippen molar-refractivity contribution in [2.24, 2.45) is 0 Å². The molecule has 0 aliphatic rings. The van der Waals surface area contributed by atoms with Crippen molar-refractivity contribution in [1.82, 2.24) is 14.5 Å². The van der Waals surface area contributed by atoms with Gasteiger partial charge in [0.25, 0.3) is 0 Å². The van der Waals surface area contributed by atoms with Gasteiger partial charge in [0.1, 0.15) is 0 Å². The van der Waals surface area contributed by atoms with E-state index in [9.17, 15) is 0 Å². The predicted molar refractivity (Wildman–Crippen MR) is 239 cm³/mol. The number of nitrogens with zero attached hydrogens (tertiary/aromatic N) is 3. The number of thiophene rings is 1. The lowest BCUT2D eigenvalue weighted by molar-refractivity contribution is 1.13. The Balaban J connectivity index is 1.34. The van der Waals surface area contributed by atoms with Crippen molar-refractivity contribution in [3.63, 3.8) is 0 Å². The molecule has 4 heteroatoms. The number of fused-ring (bicyclic) bond motifs is 7. The molecule has 0 bridgehead atoms. The molecule has 7 aromatic carbocycles. The molecule has 264 valence electrons. The fourth-order valence-corrected chi connectivity index (χ4v) is 9.28. The van der Waals surface area contributed by atoms with Gasteiger partial charge in [-0.25, -0.2) is 9.97 Å². The van der Waals surface area contributed by atoms with E-state index in [0.717, 1.165) is 61.5 Å². The molecule has 10 rings (SSSR count). The molecule has 0 radical (unpaired) electrons. The first-order valence-corrected chi connectivity index (χ1v) is 19.5. The Bertz CT molecular complexity index is 3090. The van der Waals surface area contributed by atoms with Crippen LogP contribution in [-0.4, -0.2) is 14.5 Å². The van der Waals surface area contributed by atoms with Crippen LogP contribution in [0.5, 0.6) is 0 Å². The lowest BCUT2D eigenvalue weighted by Crippen LogP contribution is -2.03. The van der Waals surface area contributed by atoms with E-state index < -0.39 is 0 Å². The maximum atomic E-state index is 5.23. The third kappa shape index (κ3) is 5.58. The van der Waals surface area contributed by atoms with E-state index in [2.05, 4.69) is 169 Å². The molecule has 56 heavy (non-hydrogen) atoms. The summed E-state index contributed by atoms with van der Waals surface area (Å²) in [4.78, 5) is 10.3. The molecule has 10 aromatic rings. The first-order valence-electron chi connectivity index (χ1n) is 18.7. The van der Waals surface area contributed by atoms with E-state index in [4.69, 9.17) is 9.97 Å². The first-order chi connectivity index (χ1) is 27.7. The van der Waals surface area contributed by atoms with Crippen molar-refractivity contribution in [1.29, 1.82) is 0 Å². The molecule has 3 heterocycles. The summed E-state index contributed by atoms with van der Waals surface area (Å²) in [7, 11) is 0. The summed E-state index contributed by atoms with van der Waals surface area (Å²) in [6.45, 7) is 8.04. The number of aromatic nitrogens is 3. The quantitative estimate of drug-likeness (QED) is 0.146. The SMILES string of the molecule is C=C/C=C(\C=C)c1nc(-c2ccccc2)cc(-c2cc(-c3ccccc3)c(-n3c4ccccc4c4c5sc6ccccc6c5ccc43)c(-c3ccccc3)c2)n1. The molecule has 0 atom stereocenters. The lowest BCUT2D eigenvalue weighted by atomic mass is 9.91. The zero-order valence-electron chi connectivity index (χ0n) is 30.6. The topological polar surface area (TPSA) is 30.7 Å². The van der Waals surface area contributed by atoms with Crippen molar-refractivity contribution in [3.05, 3.63) is 207 Å². The molecule has 0 aliphatic carbocycles. The fourth-order valence-electron chi connectivity index (χ4n) is 8.02. The van der Waals surface area contributed by atoms with Crippen LogP contribution in [0.4, 0.5) is 0 Å². The number of allylic oxidation sites excluding steroid dienone is 4. The first kappa shape index (κ1) is 33.4. The van der Waals surface area contributed by atoms with Gasteiger partial charge in [-0.2, -0.15) is 0 Å². The van der Waals surface area contributed by atoms with Crippen molar-refractivity contribution in [3.8, 4) is 50.5 Å². The van der Waals surface area contributed by atoms with Crippen LogP contribution >= 0.6 is 11.3 Å². The summed E-state index contributed by atoms with van der Waals surface area (Å²) in [6, 6.07) is 60.7. The van der Waals surface area contributed by atoms with Crippen LogP contribution < -0.4 is 0 Å². The molecule has 3 aromatic heterocycles. The summed E-state index contributed by atoms with van der Waals surface area (Å²) in [5, 5.41) is 5.11. The maximum Gasteiger partial charge on any atom is 0.160 e. The summed E-state index contributed by atoms with van der Waals surface area (Å²) in [6.07, 6.45) is 5.45. The molecular formula is C52H35N3S. The Morgan fingerprint density at radius 2 is 1.09 bits per heavy atom. The van der Waals surface area contributed by atoms with Gasteiger partial charge in [-0.05, 0) is 47.5 Å². The van der Waals surface area contributed by atoms with Gasteiger partial charge in [-0.15, -0.1) is 11.3 Å². The number of para-hydroxylation sites is 1. The van der Waals surface area contributed by atoms with Gasteiger partial charge in [-0.3, -0.25) is 0 Å². The monoisotopic (exact) mass is 733 g/mol. The third-order valence-corrected chi connectivity index (χ3v) is 11.8. The van der Waals surface area contributed by atoms with E-state index >= 15 is 0 Å². The van der Waals surface area contributed by atoms with Gasteiger partial charge in [0.15, 0.2) is 5.82 Å². The minimum absolute atomic E-state index is 0.595. The molecule has 0 saturated carbocycles. The second-order valence-electron chi connectivity index (χ2n) is 13.8. The van der Waals surface area contributed by atoms with Gasteiger partial charge in [0.05, 0.1) is 28.1 Å². The highest BCUT2D eigenvalue weighted by Crippen LogP contribution is 2.47. The van der Waals surface area contributed by atoms with Crippen molar-refractivity contribution < 1.29 is 0 Å². The van der Waals surface area contributed by atoms with Gasteiger partial charge in [0.2, 0.25) is 0 Å². The van der Waals surface area contributed by atoms with Crippen molar-refractivity contribution >= 4 is 58.9 Å². The van der Waals surface area contributed by atoms with Crippen LogP contribution in [0.15, 0.2) is 201 Å². The molecule has 0 spiro atoms. The Morgan fingerprint density at radius 1 is 0.518 bits per heavy atom. The molecular weight excluding hydrogens is 699 g/mol. The van der Waals surface area contributed by atoms with Crippen LogP contribution in [0.2, 0.25) is 0 Å². The van der Waals surface area contributed by atoms with Gasteiger partial charge >= 0.3 is 0 Å². The van der Waals surface area contributed by atoms with Gasteiger partial charge in [-0.1, -0.05) is 165 Å². The third-order valence-electron chi connectivity index (χ3n) is 10.6. The van der Waals surface area contributed by atoms with E-state index in [1.54, 1.807) is 12.2 Å². The predicted octanol–water partition coefficient (Wildman–Crippen LogP) is 14.4. The van der Waals surface area contributed by atoms with E-state index in [1.807, 2.05) is 35.6 Å². The number of hydrogen-bond acceptors (Lipinski definition) is 3. The Labute approximate surface area is 329 Å². The van der Waals surface area contributed by atoms with E-state index in [-0.39, 0.29) is 0 Å². The van der Waals surface area contributed by atoms with Crippen molar-refractivity contribution in [2.45, 2.75) is 0 Å². The second kappa shape index (κ2) is 13.9. The fraction of sp³-hybridized carbons (Fsp3) is 0. The van der Waals surface area contributed by atoms with Crippen LogP contribution in [0.25, 0.3) is 98.0 Å². The average Bonchev–Trinajstić information content (AvgIpc) is 3.81. The molecule has 0 N–H and O–H groups in total. The summed E-state index contributed by atoms with van der Waals surface area (Å²) >= 11 is 1.88. The minimum atomic E-state index is 0.595. The largest absolute Gasteiger partial charge is 0.308 e. The zero-order chi connectivity index (χ0) is 37.6. The maximum absolute atomic E-state index is 5.23. The highest BCUT2D eigenvalue weighted by molar-refractivity contribution is 7.26. The van der Waals surface area contributed by atoms with Crippen LogP contribution in [-0.2, 0) is 0 Å². The Kier molecular flexibility index (Phi) is 8.32. The van der Waals surface area contributed by atoms with Crippen LogP contribution in [0.1, 0.15) is 5.82 Å². The van der Waals surface area contributed by atoms with Crippen LogP contribution in [0.3, 0.4) is 0 Å². The van der Waals surface area contributed by atoms with Gasteiger partial charge in [0, 0.05) is 58.8 Å². The number of hydrogen-bond donors (Lipinski definition) is 0. The molecule has 0 saturated heterocycles. The Hall–Kier alpha value is -7.14. The summed E-state index contributed by atoms with van der Waals surface area (Å²) in [5.74, 6) is 0.595. The van der Waals surface area contributed by atoms with Crippen molar-refractivity contribution in [2.75, 3.05) is 0 Å². The highest BCUT2D eigenvalue weighted by atomic mass is 32.1. The van der Waals surface area contributed by atoms with Crippen LogP contribution in [0, 0.1) is 0 Å². The standard InChI is InChI=1S/C52H35N3S/c1-3-18-34(4-2)52-53-44(37-23-12-7-13-24-37)33-45(54-52)38-31-42(35-19-8-5-9-20-35)50(43(32-38)36-21-10-6-11-22-36)55-46-27-16-14-26-41(46)49-47(55)30-29-40-39-25-15-17-28-48(39)56-51(40)49/h3-33H,1-2H2/b34-18+. The lowest BCUT2D eigenvalue weighted by Gasteiger charge is -2.21. The summed E-state index contributed by atoms with van der Waals surface area (Å²) in [5.41, 5.74) is 12.4. The minimum Gasteiger partial charge on any atom is -0.308 e. The number of rotatable bonds is 8. The second-order valence-corrected chi connectivity index (χ2v) is 14.9. The molecule has 0 unspecified atom stereocenters. The van der Waals surface area contributed by atoms with Gasteiger partial charge < -0.3 is 4.57 Å². The van der Waals surface area contributed by atoms with E-state index in [0.29, 0.717) is 5.82 Å². The Morgan fingerprint density at radius 3 is 1.73 bits per heavy atom. The molecule has 0 amide bonds.